The first kappa shape index (κ1) is 15.1. The number of rotatable bonds is 2. The minimum atomic E-state index is -0.679. The van der Waals surface area contributed by atoms with Crippen LogP contribution in [0.4, 0.5) is 0 Å². The van der Waals surface area contributed by atoms with Crippen LogP contribution < -0.4 is 0 Å². The first-order valence-corrected chi connectivity index (χ1v) is 8.13. The molecule has 1 amide bonds. The van der Waals surface area contributed by atoms with Gasteiger partial charge in [-0.15, -0.1) is 0 Å². The molecule has 3 unspecified atom stereocenters. The van der Waals surface area contributed by atoms with Gasteiger partial charge in [-0.25, -0.2) is 4.79 Å². The van der Waals surface area contributed by atoms with Gasteiger partial charge in [-0.2, -0.15) is 0 Å². The highest BCUT2D eigenvalue weighted by molar-refractivity contribution is 5.95. The lowest BCUT2D eigenvalue weighted by atomic mass is 9.84. The van der Waals surface area contributed by atoms with E-state index >= 15 is 0 Å². The number of nitrogens with zero attached hydrogens (tertiary/aromatic N) is 1. The van der Waals surface area contributed by atoms with Gasteiger partial charge in [0, 0.05) is 19.5 Å². The van der Waals surface area contributed by atoms with Gasteiger partial charge in [-0.05, 0) is 30.4 Å². The SMILES string of the molecule is CC1CCCCC1N(C)C(=O)C1Cc2ccccc2C(=O)O1. The topological polar surface area (TPSA) is 46.6 Å². The molecule has 2 aliphatic rings. The number of cyclic esters (lactones) is 1. The van der Waals surface area contributed by atoms with Crippen LogP contribution in [0.3, 0.4) is 0 Å². The van der Waals surface area contributed by atoms with Crippen molar-refractivity contribution in [2.75, 3.05) is 7.05 Å². The van der Waals surface area contributed by atoms with Crippen molar-refractivity contribution in [2.45, 2.75) is 51.2 Å². The molecule has 0 bridgehead atoms. The van der Waals surface area contributed by atoms with Crippen LogP contribution in [0.15, 0.2) is 24.3 Å². The van der Waals surface area contributed by atoms with Crippen LogP contribution in [0.2, 0.25) is 0 Å². The Morgan fingerprint density at radius 1 is 1.23 bits per heavy atom. The van der Waals surface area contributed by atoms with Gasteiger partial charge in [0.2, 0.25) is 0 Å². The number of likely N-dealkylation sites (N-methyl/N-ethyl adjacent to an activating group) is 1. The van der Waals surface area contributed by atoms with E-state index in [0.29, 0.717) is 17.9 Å². The van der Waals surface area contributed by atoms with Gasteiger partial charge in [-0.3, -0.25) is 4.79 Å². The molecule has 0 saturated heterocycles. The number of amides is 1. The predicted octanol–water partition coefficient (Wildman–Crippen LogP) is 2.81. The van der Waals surface area contributed by atoms with Crippen LogP contribution in [0.25, 0.3) is 0 Å². The first-order valence-electron chi connectivity index (χ1n) is 8.13. The summed E-state index contributed by atoms with van der Waals surface area (Å²) in [6, 6.07) is 7.63. The first-order chi connectivity index (χ1) is 10.6. The number of hydrogen-bond acceptors (Lipinski definition) is 3. The summed E-state index contributed by atoms with van der Waals surface area (Å²) in [5.41, 5.74) is 1.49. The van der Waals surface area contributed by atoms with Gasteiger partial charge >= 0.3 is 5.97 Å². The van der Waals surface area contributed by atoms with E-state index in [2.05, 4.69) is 6.92 Å². The van der Waals surface area contributed by atoms with Crippen LogP contribution in [0, 0.1) is 5.92 Å². The van der Waals surface area contributed by atoms with E-state index in [9.17, 15) is 9.59 Å². The number of esters is 1. The molecule has 4 heteroatoms. The molecule has 0 spiro atoms. The molecule has 1 aliphatic heterocycles. The van der Waals surface area contributed by atoms with E-state index in [1.165, 1.54) is 12.8 Å². The smallest absolute Gasteiger partial charge is 0.339 e. The largest absolute Gasteiger partial charge is 0.448 e. The monoisotopic (exact) mass is 301 g/mol. The van der Waals surface area contributed by atoms with Crippen LogP contribution in [-0.4, -0.2) is 36.0 Å². The fourth-order valence-electron chi connectivity index (χ4n) is 3.73. The van der Waals surface area contributed by atoms with Crippen LogP contribution in [-0.2, 0) is 16.0 Å². The molecule has 4 nitrogen and oxygen atoms in total. The zero-order chi connectivity index (χ0) is 15.7. The Labute approximate surface area is 131 Å². The van der Waals surface area contributed by atoms with Gasteiger partial charge in [0.1, 0.15) is 0 Å². The van der Waals surface area contributed by atoms with Gasteiger partial charge in [0.25, 0.3) is 5.91 Å². The quantitative estimate of drug-likeness (QED) is 0.789. The summed E-state index contributed by atoms with van der Waals surface area (Å²) in [6.07, 6.45) is 4.41. The maximum absolute atomic E-state index is 12.7. The number of carbonyl (C=O) groups is 2. The summed E-state index contributed by atoms with van der Waals surface area (Å²) in [5.74, 6) is 0.0566. The summed E-state index contributed by atoms with van der Waals surface area (Å²) in [7, 11) is 1.85. The van der Waals surface area contributed by atoms with Crippen molar-refractivity contribution in [3.63, 3.8) is 0 Å². The van der Waals surface area contributed by atoms with Crippen molar-refractivity contribution in [1.82, 2.24) is 4.90 Å². The van der Waals surface area contributed by atoms with Gasteiger partial charge < -0.3 is 9.64 Å². The summed E-state index contributed by atoms with van der Waals surface area (Å²) in [5, 5.41) is 0. The van der Waals surface area contributed by atoms with Crippen molar-refractivity contribution in [2.24, 2.45) is 5.92 Å². The predicted molar refractivity (Wildman–Crippen MR) is 83.5 cm³/mol. The minimum Gasteiger partial charge on any atom is -0.448 e. The molecule has 1 saturated carbocycles. The molecule has 3 atom stereocenters. The lowest BCUT2D eigenvalue weighted by Gasteiger charge is -2.38. The lowest BCUT2D eigenvalue weighted by Crippen LogP contribution is -2.49. The van der Waals surface area contributed by atoms with E-state index in [4.69, 9.17) is 4.74 Å². The molecule has 0 radical (unpaired) electrons. The minimum absolute atomic E-state index is 0.0680. The standard InChI is InChI=1S/C18H23NO3/c1-12-7-3-6-10-15(12)19(2)17(20)16-11-13-8-4-5-9-14(13)18(21)22-16/h4-5,8-9,12,15-16H,3,6-7,10-11H2,1-2H3. The van der Waals surface area contributed by atoms with Crippen molar-refractivity contribution >= 4 is 11.9 Å². The zero-order valence-electron chi connectivity index (χ0n) is 13.2. The Bertz CT molecular complexity index is 583. The zero-order valence-corrected chi connectivity index (χ0v) is 13.2. The van der Waals surface area contributed by atoms with Crippen LogP contribution in [0.1, 0.15) is 48.5 Å². The molecule has 1 aromatic carbocycles. The average Bonchev–Trinajstić information content (AvgIpc) is 2.54. The van der Waals surface area contributed by atoms with Gasteiger partial charge in [0.15, 0.2) is 6.10 Å². The lowest BCUT2D eigenvalue weighted by molar-refractivity contribution is -0.143. The van der Waals surface area contributed by atoms with E-state index in [-0.39, 0.29) is 17.9 Å². The molecule has 3 rings (SSSR count). The fourth-order valence-corrected chi connectivity index (χ4v) is 3.73. The van der Waals surface area contributed by atoms with Crippen LogP contribution in [0.5, 0.6) is 0 Å². The number of hydrogen-bond donors (Lipinski definition) is 0. The fraction of sp³-hybridized carbons (Fsp3) is 0.556. The number of fused-ring (bicyclic) bond motifs is 1. The normalized spacial score (nSPS) is 27.7. The second kappa shape index (κ2) is 6.11. The van der Waals surface area contributed by atoms with E-state index in [1.54, 1.807) is 6.07 Å². The summed E-state index contributed by atoms with van der Waals surface area (Å²) in [6.45, 7) is 2.20. The van der Waals surface area contributed by atoms with Gasteiger partial charge in [-0.1, -0.05) is 38.0 Å². The van der Waals surface area contributed by atoms with Crippen LogP contribution >= 0.6 is 0 Å². The maximum Gasteiger partial charge on any atom is 0.339 e. The van der Waals surface area contributed by atoms with Crippen molar-refractivity contribution in [3.8, 4) is 0 Å². The molecule has 1 aromatic rings. The second-order valence-corrected chi connectivity index (χ2v) is 6.53. The van der Waals surface area contributed by atoms with E-state index in [1.807, 2.05) is 30.1 Å². The third-order valence-corrected chi connectivity index (χ3v) is 5.08. The number of ether oxygens (including phenoxy) is 1. The van der Waals surface area contributed by atoms with E-state index < -0.39 is 6.10 Å². The Morgan fingerprint density at radius 3 is 2.73 bits per heavy atom. The molecule has 118 valence electrons. The van der Waals surface area contributed by atoms with Crippen molar-refractivity contribution in [1.29, 1.82) is 0 Å². The highest BCUT2D eigenvalue weighted by Gasteiger charge is 2.36. The third-order valence-electron chi connectivity index (χ3n) is 5.08. The van der Waals surface area contributed by atoms with Crippen molar-refractivity contribution in [3.05, 3.63) is 35.4 Å². The molecule has 0 N–H and O–H groups in total. The molecule has 22 heavy (non-hydrogen) atoms. The molecule has 1 heterocycles. The Morgan fingerprint density at radius 2 is 1.95 bits per heavy atom. The van der Waals surface area contributed by atoms with E-state index in [0.717, 1.165) is 18.4 Å². The number of benzene rings is 1. The molecular formula is C18H23NO3. The summed E-state index contributed by atoms with van der Waals surface area (Å²) >= 11 is 0. The highest BCUT2D eigenvalue weighted by atomic mass is 16.5. The van der Waals surface area contributed by atoms with Crippen molar-refractivity contribution < 1.29 is 14.3 Å². The highest BCUT2D eigenvalue weighted by Crippen LogP contribution is 2.29. The maximum atomic E-state index is 12.7. The third kappa shape index (κ3) is 2.74. The molecule has 1 aliphatic carbocycles. The molecule has 1 fully saturated rings. The second-order valence-electron chi connectivity index (χ2n) is 6.53. The number of carbonyl (C=O) groups excluding carboxylic acids is 2. The summed E-state index contributed by atoms with van der Waals surface area (Å²) in [4.78, 5) is 26.6. The summed E-state index contributed by atoms with van der Waals surface area (Å²) < 4.78 is 5.39. The Hall–Kier alpha value is -1.84. The Kier molecular flexibility index (Phi) is 4.19. The average molecular weight is 301 g/mol. The van der Waals surface area contributed by atoms with Gasteiger partial charge in [0.05, 0.1) is 5.56 Å². The molecule has 0 aromatic heterocycles. The Balaban J connectivity index is 1.74. The molecular weight excluding hydrogens is 278 g/mol.